The molecule has 3 rings (SSSR count). The van der Waals surface area contributed by atoms with Crippen LogP contribution in [0.2, 0.25) is 0 Å². The van der Waals surface area contributed by atoms with Crippen LogP contribution >= 0.6 is 0 Å². The van der Waals surface area contributed by atoms with Crippen LogP contribution in [-0.4, -0.2) is 40.0 Å². The number of piperidine rings is 1. The molecule has 1 aliphatic heterocycles. The molecule has 0 saturated carbocycles. The second kappa shape index (κ2) is 6.83. The Hall–Kier alpha value is -2.69. The van der Waals surface area contributed by atoms with E-state index in [0.29, 0.717) is 24.6 Å². The standard InChI is InChI=1S/C19H20N2O3/c1-13-4-2-3-5-16(13)14-7-10-21(11-8-14)18(22)15-6-9-20-17(12-15)19(23)24/h2-6,9,12,14H,7-8,10-11H2,1H3,(H,23,24). The van der Waals surface area contributed by atoms with Gasteiger partial charge in [-0.3, -0.25) is 4.79 Å². The van der Waals surface area contributed by atoms with E-state index in [9.17, 15) is 9.59 Å². The number of aryl methyl sites for hydroxylation is 1. The lowest BCUT2D eigenvalue weighted by Gasteiger charge is -2.33. The molecule has 124 valence electrons. The Morgan fingerprint density at radius 2 is 1.88 bits per heavy atom. The largest absolute Gasteiger partial charge is 0.477 e. The van der Waals surface area contributed by atoms with Gasteiger partial charge in [-0.05, 0) is 48.9 Å². The molecule has 1 aliphatic rings. The van der Waals surface area contributed by atoms with Crippen molar-refractivity contribution in [1.29, 1.82) is 0 Å². The molecule has 0 unspecified atom stereocenters. The summed E-state index contributed by atoms with van der Waals surface area (Å²) in [6, 6.07) is 11.3. The molecule has 24 heavy (non-hydrogen) atoms. The summed E-state index contributed by atoms with van der Waals surface area (Å²) in [4.78, 5) is 29.1. The molecule has 2 heterocycles. The fourth-order valence-corrected chi connectivity index (χ4v) is 3.30. The SMILES string of the molecule is Cc1ccccc1C1CCN(C(=O)c2ccnc(C(=O)O)c2)CC1. The predicted molar refractivity (Wildman–Crippen MR) is 90.3 cm³/mol. The Bertz CT molecular complexity index is 765. The average molecular weight is 324 g/mol. The summed E-state index contributed by atoms with van der Waals surface area (Å²) in [6.07, 6.45) is 3.22. The third-order valence-electron chi connectivity index (χ3n) is 4.64. The highest BCUT2D eigenvalue weighted by Crippen LogP contribution is 2.30. The van der Waals surface area contributed by atoms with E-state index in [1.807, 2.05) is 6.07 Å². The first-order valence-electron chi connectivity index (χ1n) is 8.10. The van der Waals surface area contributed by atoms with Crippen LogP contribution in [0.1, 0.15) is 50.7 Å². The van der Waals surface area contributed by atoms with Gasteiger partial charge in [0, 0.05) is 24.8 Å². The van der Waals surface area contributed by atoms with Gasteiger partial charge in [0.1, 0.15) is 5.69 Å². The number of hydrogen-bond donors (Lipinski definition) is 1. The maximum atomic E-state index is 12.6. The molecule has 5 heteroatoms. The summed E-state index contributed by atoms with van der Waals surface area (Å²) in [5.41, 5.74) is 2.94. The number of rotatable bonds is 3. The summed E-state index contributed by atoms with van der Waals surface area (Å²) in [6.45, 7) is 3.49. The molecule has 1 aromatic carbocycles. The molecule has 1 amide bonds. The van der Waals surface area contributed by atoms with Gasteiger partial charge >= 0.3 is 5.97 Å². The zero-order valence-electron chi connectivity index (χ0n) is 13.6. The summed E-state index contributed by atoms with van der Waals surface area (Å²) in [5, 5.41) is 9.00. The minimum atomic E-state index is -1.12. The maximum absolute atomic E-state index is 12.6. The fraction of sp³-hybridized carbons (Fsp3) is 0.316. The lowest BCUT2D eigenvalue weighted by Crippen LogP contribution is -2.38. The predicted octanol–water partition coefficient (Wildman–Crippen LogP) is 3.11. The first kappa shape index (κ1) is 16.2. The molecule has 1 aromatic heterocycles. The highest BCUT2D eigenvalue weighted by molar-refractivity contribution is 5.96. The smallest absolute Gasteiger partial charge is 0.354 e. The first-order valence-corrected chi connectivity index (χ1v) is 8.10. The van der Waals surface area contributed by atoms with Crippen molar-refractivity contribution < 1.29 is 14.7 Å². The highest BCUT2D eigenvalue weighted by Gasteiger charge is 2.25. The van der Waals surface area contributed by atoms with Gasteiger partial charge in [0.15, 0.2) is 0 Å². The first-order chi connectivity index (χ1) is 11.6. The minimum absolute atomic E-state index is 0.101. The average Bonchev–Trinajstić information content (AvgIpc) is 2.62. The van der Waals surface area contributed by atoms with Crippen molar-refractivity contribution in [3.63, 3.8) is 0 Å². The molecule has 1 saturated heterocycles. The number of nitrogens with zero attached hydrogens (tertiary/aromatic N) is 2. The number of aromatic nitrogens is 1. The summed E-state index contributed by atoms with van der Waals surface area (Å²) in [5.74, 6) is -0.770. The van der Waals surface area contributed by atoms with E-state index in [1.165, 1.54) is 23.4 Å². The zero-order chi connectivity index (χ0) is 17.1. The van der Waals surface area contributed by atoms with E-state index < -0.39 is 5.97 Å². The number of aromatic carboxylic acids is 1. The van der Waals surface area contributed by atoms with Crippen LogP contribution in [0, 0.1) is 6.92 Å². The monoisotopic (exact) mass is 324 g/mol. The molecule has 2 aromatic rings. The number of carboxylic acid groups (broad SMARTS) is 1. The van der Waals surface area contributed by atoms with E-state index in [4.69, 9.17) is 5.11 Å². The third-order valence-corrected chi connectivity index (χ3v) is 4.64. The summed E-state index contributed by atoms with van der Waals surface area (Å²) >= 11 is 0. The van der Waals surface area contributed by atoms with Gasteiger partial charge in [0.05, 0.1) is 0 Å². The van der Waals surface area contributed by atoms with Crippen LogP contribution < -0.4 is 0 Å². The topological polar surface area (TPSA) is 70.5 Å². The van der Waals surface area contributed by atoms with E-state index >= 15 is 0 Å². The number of carbonyl (C=O) groups is 2. The Balaban J connectivity index is 1.68. The zero-order valence-corrected chi connectivity index (χ0v) is 13.6. The summed E-state index contributed by atoms with van der Waals surface area (Å²) < 4.78 is 0. The van der Waals surface area contributed by atoms with Gasteiger partial charge < -0.3 is 10.0 Å². The molecule has 0 aliphatic carbocycles. The van der Waals surface area contributed by atoms with Crippen molar-refractivity contribution >= 4 is 11.9 Å². The van der Waals surface area contributed by atoms with Gasteiger partial charge in [-0.2, -0.15) is 0 Å². The van der Waals surface area contributed by atoms with Crippen LogP contribution in [0.5, 0.6) is 0 Å². The van der Waals surface area contributed by atoms with E-state index in [0.717, 1.165) is 12.8 Å². The van der Waals surface area contributed by atoms with Crippen LogP contribution in [0.3, 0.4) is 0 Å². The maximum Gasteiger partial charge on any atom is 0.354 e. The minimum Gasteiger partial charge on any atom is -0.477 e. The molecule has 0 atom stereocenters. The molecule has 0 bridgehead atoms. The summed E-state index contributed by atoms with van der Waals surface area (Å²) in [7, 11) is 0. The van der Waals surface area contributed by atoms with Gasteiger partial charge in [-0.15, -0.1) is 0 Å². The molecular formula is C19H20N2O3. The van der Waals surface area contributed by atoms with E-state index in [1.54, 1.807) is 11.0 Å². The van der Waals surface area contributed by atoms with Crippen LogP contribution in [0.4, 0.5) is 0 Å². The van der Waals surface area contributed by atoms with Crippen molar-refractivity contribution in [3.05, 3.63) is 65.0 Å². The third kappa shape index (κ3) is 3.30. The van der Waals surface area contributed by atoms with Crippen molar-refractivity contribution in [2.45, 2.75) is 25.7 Å². The number of benzene rings is 1. The normalized spacial score (nSPS) is 15.3. The second-order valence-electron chi connectivity index (χ2n) is 6.16. The molecule has 0 spiro atoms. The van der Waals surface area contributed by atoms with Crippen molar-refractivity contribution in [3.8, 4) is 0 Å². The number of hydrogen-bond acceptors (Lipinski definition) is 3. The van der Waals surface area contributed by atoms with Gasteiger partial charge in [-0.1, -0.05) is 24.3 Å². The highest BCUT2D eigenvalue weighted by atomic mass is 16.4. The molecular weight excluding hydrogens is 304 g/mol. The van der Waals surface area contributed by atoms with E-state index in [-0.39, 0.29) is 11.6 Å². The van der Waals surface area contributed by atoms with Gasteiger partial charge in [0.2, 0.25) is 0 Å². The van der Waals surface area contributed by atoms with Crippen molar-refractivity contribution in [2.75, 3.05) is 13.1 Å². The Kier molecular flexibility index (Phi) is 4.60. The number of pyridine rings is 1. The molecule has 5 nitrogen and oxygen atoms in total. The molecule has 1 fully saturated rings. The van der Waals surface area contributed by atoms with Crippen molar-refractivity contribution in [1.82, 2.24) is 9.88 Å². The number of likely N-dealkylation sites (tertiary alicyclic amines) is 1. The van der Waals surface area contributed by atoms with Crippen LogP contribution in [0.25, 0.3) is 0 Å². The van der Waals surface area contributed by atoms with Gasteiger partial charge in [0.25, 0.3) is 5.91 Å². The lowest BCUT2D eigenvalue weighted by atomic mass is 9.87. The second-order valence-corrected chi connectivity index (χ2v) is 6.16. The number of carbonyl (C=O) groups excluding carboxylic acids is 1. The molecule has 0 radical (unpaired) electrons. The Labute approximate surface area is 140 Å². The Morgan fingerprint density at radius 1 is 1.17 bits per heavy atom. The lowest BCUT2D eigenvalue weighted by molar-refractivity contribution is 0.0690. The Morgan fingerprint density at radius 3 is 2.54 bits per heavy atom. The van der Waals surface area contributed by atoms with Gasteiger partial charge in [-0.25, -0.2) is 9.78 Å². The van der Waals surface area contributed by atoms with Crippen molar-refractivity contribution in [2.24, 2.45) is 0 Å². The quantitative estimate of drug-likeness (QED) is 0.942. The fourth-order valence-electron chi connectivity index (χ4n) is 3.30. The molecule has 1 N–H and O–H groups in total. The van der Waals surface area contributed by atoms with Crippen LogP contribution in [0.15, 0.2) is 42.6 Å². The van der Waals surface area contributed by atoms with Crippen LogP contribution in [-0.2, 0) is 0 Å². The number of amides is 1. The van der Waals surface area contributed by atoms with E-state index in [2.05, 4.69) is 30.1 Å². The number of carboxylic acids is 1.